The van der Waals surface area contributed by atoms with Crippen molar-refractivity contribution in [1.29, 1.82) is 5.26 Å². The van der Waals surface area contributed by atoms with Crippen LogP contribution in [-0.4, -0.2) is 27.2 Å². The highest BCUT2D eigenvalue weighted by atomic mass is 35.5. The lowest BCUT2D eigenvalue weighted by molar-refractivity contribution is -0.114. The summed E-state index contributed by atoms with van der Waals surface area (Å²) in [6, 6.07) is 23.3. The Morgan fingerprint density at radius 1 is 1.17 bits per heavy atom. The minimum absolute atomic E-state index is 0.0698. The molecule has 0 bridgehead atoms. The van der Waals surface area contributed by atoms with Gasteiger partial charge in [0, 0.05) is 30.4 Å². The lowest BCUT2D eigenvalue weighted by Gasteiger charge is -2.20. The number of nitriles is 1. The normalized spacial score (nSPS) is 13.5. The number of carbonyl (C=O) groups is 1. The Bertz CT molecular complexity index is 1580. The molecule has 1 atom stereocenters. The summed E-state index contributed by atoms with van der Waals surface area (Å²) in [4.78, 5) is 14.8. The number of H-pyrrole nitrogens is 1. The molecule has 3 aromatic carbocycles. The van der Waals surface area contributed by atoms with Gasteiger partial charge in [-0.3, -0.25) is 9.89 Å². The molecule has 0 saturated carbocycles. The smallest absolute Gasteiger partial charge is 0.251 e. The fraction of sp³-hybridized carbons (Fsp3) is 0.143. The van der Waals surface area contributed by atoms with E-state index in [4.69, 9.17) is 23.8 Å². The van der Waals surface area contributed by atoms with Crippen molar-refractivity contribution in [1.82, 2.24) is 14.8 Å². The van der Waals surface area contributed by atoms with E-state index in [0.717, 1.165) is 40.2 Å². The van der Waals surface area contributed by atoms with Gasteiger partial charge in [-0.15, -0.1) is 0 Å². The molecule has 1 amide bonds. The zero-order valence-electron chi connectivity index (χ0n) is 19.5. The van der Waals surface area contributed by atoms with E-state index < -0.39 is 0 Å². The van der Waals surface area contributed by atoms with Gasteiger partial charge in [0.2, 0.25) is 0 Å². The number of benzene rings is 3. The van der Waals surface area contributed by atoms with E-state index in [9.17, 15) is 10.1 Å². The van der Waals surface area contributed by atoms with Gasteiger partial charge < -0.3 is 9.47 Å². The van der Waals surface area contributed by atoms with Crippen LogP contribution in [0.1, 0.15) is 39.6 Å². The van der Waals surface area contributed by atoms with Gasteiger partial charge in [-0.25, -0.2) is 0 Å². The summed E-state index contributed by atoms with van der Waals surface area (Å²) < 4.78 is 2.40. The first-order chi connectivity index (χ1) is 17.4. The molecule has 4 aromatic rings. The molecular formula is C28H22ClN5OS. The van der Waals surface area contributed by atoms with Crippen molar-refractivity contribution in [2.45, 2.75) is 12.3 Å². The van der Waals surface area contributed by atoms with E-state index in [-0.39, 0.29) is 11.8 Å². The highest BCUT2D eigenvalue weighted by Crippen LogP contribution is 2.36. The molecule has 1 N–H and O–H groups in total. The van der Waals surface area contributed by atoms with Crippen molar-refractivity contribution in [3.63, 3.8) is 0 Å². The van der Waals surface area contributed by atoms with E-state index in [1.165, 1.54) is 0 Å². The van der Waals surface area contributed by atoms with Gasteiger partial charge in [-0.05, 0) is 77.3 Å². The standard InChI is InChI=1S/C28H22ClN5OS/c1-33-27(31-32-28(33)36)26(20-8-5-19(17-30)6-9-20)22-10-11-24-21(16-22)13-14-34(24)25(35)12-7-18-3-2-4-23(29)15-18/h2-12,15-16,26H,13-14H2,1H3,(H,32,36)/b12-7+. The third-order valence-corrected chi connectivity index (χ3v) is 7.01. The van der Waals surface area contributed by atoms with E-state index in [1.54, 1.807) is 23.1 Å². The van der Waals surface area contributed by atoms with Gasteiger partial charge in [0.1, 0.15) is 5.82 Å². The monoisotopic (exact) mass is 511 g/mol. The molecule has 0 spiro atoms. The molecule has 0 saturated heterocycles. The van der Waals surface area contributed by atoms with Crippen molar-refractivity contribution in [2.24, 2.45) is 7.05 Å². The van der Waals surface area contributed by atoms with Crippen LogP contribution in [0.3, 0.4) is 0 Å². The Morgan fingerprint density at radius 2 is 1.94 bits per heavy atom. The number of nitrogens with zero attached hydrogens (tertiary/aromatic N) is 4. The van der Waals surface area contributed by atoms with Crippen molar-refractivity contribution >= 4 is 41.5 Å². The third-order valence-electron chi connectivity index (χ3n) is 6.41. The SMILES string of the molecule is Cn1c(C(c2ccc(C#N)cc2)c2ccc3c(c2)CCN3C(=O)/C=C/c2cccc(Cl)c2)n[nH]c1=S. The zero-order chi connectivity index (χ0) is 25.2. The Hall–Kier alpha value is -3.99. The van der Waals surface area contributed by atoms with Crippen LogP contribution in [0.4, 0.5) is 5.69 Å². The van der Waals surface area contributed by atoms with Crippen molar-refractivity contribution in [2.75, 3.05) is 11.4 Å². The largest absolute Gasteiger partial charge is 0.308 e. The predicted molar refractivity (Wildman–Crippen MR) is 143 cm³/mol. The number of nitrogens with one attached hydrogen (secondary N) is 1. The van der Waals surface area contributed by atoms with Gasteiger partial charge in [-0.2, -0.15) is 10.4 Å². The number of hydrogen-bond acceptors (Lipinski definition) is 4. The molecule has 1 unspecified atom stereocenters. The summed E-state index contributed by atoms with van der Waals surface area (Å²) in [5.41, 5.74) is 5.53. The fourth-order valence-corrected chi connectivity index (χ4v) is 4.89. The van der Waals surface area contributed by atoms with E-state index in [2.05, 4.69) is 22.3 Å². The highest BCUT2D eigenvalue weighted by Gasteiger charge is 2.27. The van der Waals surface area contributed by atoms with Crippen LogP contribution in [0.5, 0.6) is 0 Å². The number of aromatic nitrogens is 3. The summed E-state index contributed by atoms with van der Waals surface area (Å²) in [6.45, 7) is 0.617. The quantitative estimate of drug-likeness (QED) is 0.272. The zero-order valence-corrected chi connectivity index (χ0v) is 21.1. The molecule has 1 aromatic heterocycles. The maximum atomic E-state index is 13.0. The van der Waals surface area contributed by atoms with Crippen molar-refractivity contribution < 1.29 is 4.79 Å². The minimum atomic E-state index is -0.187. The first-order valence-corrected chi connectivity index (χ1v) is 12.2. The van der Waals surface area contributed by atoms with E-state index in [1.807, 2.05) is 66.2 Å². The number of anilines is 1. The number of hydrogen-bond donors (Lipinski definition) is 1. The molecular weight excluding hydrogens is 490 g/mol. The van der Waals surface area contributed by atoms with Crippen molar-refractivity contribution in [3.8, 4) is 6.07 Å². The maximum Gasteiger partial charge on any atom is 0.251 e. The number of amides is 1. The van der Waals surface area contributed by atoms with Crippen LogP contribution in [-0.2, 0) is 18.3 Å². The Kier molecular flexibility index (Phi) is 6.55. The maximum absolute atomic E-state index is 13.0. The van der Waals surface area contributed by atoms with Gasteiger partial charge in [0.25, 0.3) is 5.91 Å². The summed E-state index contributed by atoms with van der Waals surface area (Å²) in [7, 11) is 1.89. The fourth-order valence-electron chi connectivity index (χ4n) is 4.56. The predicted octanol–water partition coefficient (Wildman–Crippen LogP) is 5.79. The molecule has 6 nitrogen and oxygen atoms in total. The number of halogens is 1. The van der Waals surface area contributed by atoms with Gasteiger partial charge in [0.15, 0.2) is 4.77 Å². The third kappa shape index (κ3) is 4.61. The summed E-state index contributed by atoms with van der Waals surface area (Å²) in [5, 5.41) is 17.2. The Labute approximate surface area is 219 Å². The molecule has 8 heteroatoms. The highest BCUT2D eigenvalue weighted by molar-refractivity contribution is 7.71. The molecule has 0 radical (unpaired) electrons. The topological polar surface area (TPSA) is 77.7 Å². The molecule has 36 heavy (non-hydrogen) atoms. The lowest BCUT2D eigenvalue weighted by Crippen LogP contribution is -2.26. The summed E-state index contributed by atoms with van der Waals surface area (Å²) in [6.07, 6.45) is 4.13. The average Bonchev–Trinajstić information content (AvgIpc) is 3.46. The van der Waals surface area contributed by atoms with E-state index in [0.29, 0.717) is 21.9 Å². The Morgan fingerprint density at radius 3 is 2.64 bits per heavy atom. The van der Waals surface area contributed by atoms with Crippen LogP contribution in [0.2, 0.25) is 5.02 Å². The number of fused-ring (bicyclic) bond motifs is 1. The molecule has 5 rings (SSSR count). The second-order valence-electron chi connectivity index (χ2n) is 8.63. The summed E-state index contributed by atoms with van der Waals surface area (Å²) >= 11 is 11.4. The van der Waals surface area contributed by atoms with Crippen LogP contribution in [0, 0.1) is 16.1 Å². The number of carbonyl (C=O) groups excluding carboxylic acids is 1. The molecule has 1 aliphatic rings. The summed E-state index contributed by atoms with van der Waals surface area (Å²) in [5.74, 6) is 0.521. The first kappa shape index (κ1) is 23.7. The Balaban J connectivity index is 1.47. The van der Waals surface area contributed by atoms with Gasteiger partial charge in [-0.1, -0.05) is 48.0 Å². The second-order valence-corrected chi connectivity index (χ2v) is 9.45. The van der Waals surface area contributed by atoms with Crippen LogP contribution >= 0.6 is 23.8 Å². The van der Waals surface area contributed by atoms with Gasteiger partial charge >= 0.3 is 0 Å². The number of aromatic amines is 1. The molecule has 0 fully saturated rings. The molecule has 178 valence electrons. The van der Waals surface area contributed by atoms with Crippen molar-refractivity contribution in [3.05, 3.63) is 116 Å². The minimum Gasteiger partial charge on any atom is -0.308 e. The molecule has 1 aliphatic heterocycles. The van der Waals surface area contributed by atoms with E-state index >= 15 is 0 Å². The second kappa shape index (κ2) is 9.94. The average molecular weight is 512 g/mol. The molecule has 2 heterocycles. The first-order valence-electron chi connectivity index (χ1n) is 11.4. The number of rotatable bonds is 5. The van der Waals surface area contributed by atoms with Crippen LogP contribution in [0.15, 0.2) is 72.8 Å². The van der Waals surface area contributed by atoms with Gasteiger partial charge in [0.05, 0.1) is 17.6 Å². The molecule has 0 aliphatic carbocycles. The van der Waals surface area contributed by atoms with Crippen LogP contribution in [0.25, 0.3) is 6.08 Å². The van der Waals surface area contributed by atoms with Crippen LogP contribution < -0.4 is 4.90 Å². The lowest BCUT2D eigenvalue weighted by atomic mass is 9.88.